The first-order valence-electron chi connectivity index (χ1n) is 5.01. The van der Waals surface area contributed by atoms with Gasteiger partial charge in [-0.2, -0.15) is 0 Å². The Morgan fingerprint density at radius 2 is 2.33 bits per heavy atom. The highest BCUT2D eigenvalue weighted by Gasteiger charge is 2.25. The van der Waals surface area contributed by atoms with E-state index in [1.54, 1.807) is 27.6 Å². The summed E-state index contributed by atoms with van der Waals surface area (Å²) in [7, 11) is 0. The van der Waals surface area contributed by atoms with Gasteiger partial charge in [0.1, 0.15) is 0 Å². The van der Waals surface area contributed by atoms with E-state index >= 15 is 0 Å². The lowest BCUT2D eigenvalue weighted by Crippen LogP contribution is -2.23. The molecule has 0 radical (unpaired) electrons. The second kappa shape index (κ2) is 3.12. The van der Waals surface area contributed by atoms with Gasteiger partial charge in [0.2, 0.25) is 0 Å². The van der Waals surface area contributed by atoms with Gasteiger partial charge >= 0.3 is 5.69 Å². The molecule has 5 heteroatoms. The molecule has 1 saturated carbocycles. The largest absolute Gasteiger partial charge is 0.359 e. The molecule has 1 aliphatic carbocycles. The van der Waals surface area contributed by atoms with Gasteiger partial charge in [-0.05, 0) is 12.8 Å². The lowest BCUT2D eigenvalue weighted by Gasteiger charge is -1.97. The maximum absolute atomic E-state index is 11.8. The van der Waals surface area contributed by atoms with Crippen LogP contribution in [-0.2, 0) is 6.54 Å². The van der Waals surface area contributed by atoms with E-state index in [0.717, 1.165) is 12.8 Å². The number of aromatic nitrogens is 3. The van der Waals surface area contributed by atoms with Crippen molar-refractivity contribution in [3.05, 3.63) is 40.9 Å². The van der Waals surface area contributed by atoms with E-state index in [2.05, 4.69) is 5.16 Å². The first-order valence-corrected chi connectivity index (χ1v) is 5.01. The third kappa shape index (κ3) is 1.49. The van der Waals surface area contributed by atoms with E-state index in [0.29, 0.717) is 18.3 Å². The Hall–Kier alpha value is -1.78. The number of hydrogen-bond acceptors (Lipinski definition) is 3. The van der Waals surface area contributed by atoms with Gasteiger partial charge in [0.25, 0.3) is 0 Å². The fourth-order valence-corrected chi connectivity index (χ4v) is 1.67. The molecule has 0 spiro atoms. The minimum Gasteiger partial charge on any atom is -0.359 e. The average molecular weight is 205 g/mol. The summed E-state index contributed by atoms with van der Waals surface area (Å²) in [6, 6.07) is 2.19. The van der Waals surface area contributed by atoms with Crippen LogP contribution in [-0.4, -0.2) is 14.3 Å². The first kappa shape index (κ1) is 8.52. The highest BCUT2D eigenvalue weighted by molar-refractivity contribution is 4.97. The van der Waals surface area contributed by atoms with Crippen molar-refractivity contribution in [1.82, 2.24) is 14.3 Å². The molecule has 0 aliphatic heterocycles. The molecule has 15 heavy (non-hydrogen) atoms. The summed E-state index contributed by atoms with van der Waals surface area (Å²) in [5.74, 6) is 0.700. The number of rotatable bonds is 3. The zero-order chi connectivity index (χ0) is 10.3. The number of imidazole rings is 1. The summed E-state index contributed by atoms with van der Waals surface area (Å²) in [4.78, 5) is 11.8. The third-order valence-corrected chi connectivity index (χ3v) is 2.63. The monoisotopic (exact) mass is 205 g/mol. The van der Waals surface area contributed by atoms with Crippen molar-refractivity contribution in [3.8, 4) is 0 Å². The van der Waals surface area contributed by atoms with Gasteiger partial charge in [-0.1, -0.05) is 5.16 Å². The van der Waals surface area contributed by atoms with E-state index in [1.807, 2.05) is 6.20 Å². The molecule has 5 nitrogen and oxygen atoms in total. The SMILES string of the molecule is O=c1n(Cc2ccno2)ccn1C1CC1. The minimum absolute atomic E-state index is 0.0360. The molecule has 0 N–H and O–H groups in total. The van der Waals surface area contributed by atoms with Gasteiger partial charge in [0.05, 0.1) is 12.7 Å². The fraction of sp³-hybridized carbons (Fsp3) is 0.400. The molecule has 1 aliphatic rings. The van der Waals surface area contributed by atoms with Crippen LogP contribution in [0.25, 0.3) is 0 Å². The molecule has 0 amide bonds. The van der Waals surface area contributed by atoms with E-state index < -0.39 is 0 Å². The highest BCUT2D eigenvalue weighted by Crippen LogP contribution is 2.33. The summed E-state index contributed by atoms with van der Waals surface area (Å²) >= 11 is 0. The highest BCUT2D eigenvalue weighted by atomic mass is 16.5. The quantitative estimate of drug-likeness (QED) is 0.751. The van der Waals surface area contributed by atoms with Crippen molar-refractivity contribution in [3.63, 3.8) is 0 Å². The van der Waals surface area contributed by atoms with Crippen molar-refractivity contribution >= 4 is 0 Å². The van der Waals surface area contributed by atoms with Gasteiger partial charge < -0.3 is 4.52 Å². The smallest absolute Gasteiger partial charge is 0.328 e. The third-order valence-electron chi connectivity index (χ3n) is 2.63. The van der Waals surface area contributed by atoms with Crippen molar-refractivity contribution in [2.75, 3.05) is 0 Å². The van der Waals surface area contributed by atoms with Gasteiger partial charge in [0.15, 0.2) is 5.76 Å². The molecule has 3 rings (SSSR count). The Bertz CT molecular complexity index is 505. The Morgan fingerprint density at radius 3 is 3.00 bits per heavy atom. The summed E-state index contributed by atoms with van der Waals surface area (Å²) in [6.45, 7) is 0.457. The summed E-state index contributed by atoms with van der Waals surface area (Å²) in [5, 5.41) is 3.61. The molecule has 2 aromatic rings. The zero-order valence-corrected chi connectivity index (χ0v) is 8.17. The van der Waals surface area contributed by atoms with E-state index in [4.69, 9.17) is 4.52 Å². The van der Waals surface area contributed by atoms with Crippen molar-refractivity contribution in [2.24, 2.45) is 0 Å². The van der Waals surface area contributed by atoms with Crippen LogP contribution in [0.5, 0.6) is 0 Å². The normalized spacial score (nSPS) is 15.7. The van der Waals surface area contributed by atoms with Crippen LogP contribution in [0.15, 0.2) is 34.0 Å². The molecule has 1 fully saturated rings. The Balaban J connectivity index is 1.89. The van der Waals surface area contributed by atoms with E-state index in [1.165, 1.54) is 0 Å². The van der Waals surface area contributed by atoms with E-state index in [-0.39, 0.29) is 5.69 Å². The molecule has 0 unspecified atom stereocenters. The molecule has 0 aromatic carbocycles. The van der Waals surface area contributed by atoms with Crippen molar-refractivity contribution in [1.29, 1.82) is 0 Å². The molecule has 0 bridgehead atoms. The maximum atomic E-state index is 11.8. The second-order valence-corrected chi connectivity index (χ2v) is 3.83. The Labute approximate surface area is 85.9 Å². The van der Waals surface area contributed by atoms with E-state index in [9.17, 15) is 4.79 Å². The molecule has 0 saturated heterocycles. The molecule has 0 atom stereocenters. The fourth-order valence-electron chi connectivity index (χ4n) is 1.67. The van der Waals surface area contributed by atoms with Crippen LogP contribution in [0.3, 0.4) is 0 Å². The Morgan fingerprint density at radius 1 is 1.47 bits per heavy atom. The lowest BCUT2D eigenvalue weighted by atomic mass is 10.4. The molecular weight excluding hydrogens is 194 g/mol. The van der Waals surface area contributed by atoms with Crippen LogP contribution < -0.4 is 5.69 Å². The number of nitrogens with zero attached hydrogens (tertiary/aromatic N) is 3. The van der Waals surface area contributed by atoms with Crippen molar-refractivity contribution < 1.29 is 4.52 Å². The predicted molar refractivity (Wildman–Crippen MR) is 52.6 cm³/mol. The average Bonchev–Trinajstić information content (AvgIpc) is 2.83. The van der Waals surface area contributed by atoms with Crippen LogP contribution in [0.2, 0.25) is 0 Å². The summed E-state index contributed by atoms with van der Waals surface area (Å²) in [6.07, 6.45) is 7.45. The molecule has 78 valence electrons. The van der Waals surface area contributed by atoms with Gasteiger partial charge in [-0.15, -0.1) is 0 Å². The van der Waals surface area contributed by atoms with Gasteiger partial charge in [-0.3, -0.25) is 9.13 Å². The summed E-state index contributed by atoms with van der Waals surface area (Å²) < 4.78 is 8.38. The zero-order valence-electron chi connectivity index (χ0n) is 8.17. The van der Waals surface area contributed by atoms with Crippen LogP contribution >= 0.6 is 0 Å². The first-order chi connectivity index (χ1) is 7.34. The van der Waals surface area contributed by atoms with Gasteiger partial charge in [-0.25, -0.2) is 4.79 Å². The number of hydrogen-bond donors (Lipinski definition) is 0. The molecule has 2 heterocycles. The standard InChI is InChI=1S/C10H11N3O2/c14-10-12(7-9-3-4-11-15-9)5-6-13(10)8-1-2-8/h3-6,8H,1-2,7H2. The van der Waals surface area contributed by atoms with Crippen LogP contribution in [0.4, 0.5) is 0 Å². The van der Waals surface area contributed by atoms with Gasteiger partial charge in [0, 0.05) is 24.5 Å². The predicted octanol–water partition coefficient (Wildman–Crippen LogP) is 1.02. The topological polar surface area (TPSA) is 53.0 Å². The van der Waals surface area contributed by atoms with Crippen LogP contribution in [0.1, 0.15) is 24.6 Å². The Kier molecular flexibility index (Phi) is 1.77. The molecule has 2 aromatic heterocycles. The minimum atomic E-state index is 0.0360. The molecular formula is C10H11N3O2. The van der Waals surface area contributed by atoms with Crippen LogP contribution in [0, 0.1) is 0 Å². The van der Waals surface area contributed by atoms with Crippen molar-refractivity contribution in [2.45, 2.75) is 25.4 Å². The lowest BCUT2D eigenvalue weighted by molar-refractivity contribution is 0.374. The maximum Gasteiger partial charge on any atom is 0.328 e. The summed E-state index contributed by atoms with van der Waals surface area (Å²) in [5.41, 5.74) is 0.0360. The second-order valence-electron chi connectivity index (χ2n) is 3.83.